The van der Waals surface area contributed by atoms with Gasteiger partial charge in [0, 0.05) is 12.2 Å². The van der Waals surface area contributed by atoms with Crippen LogP contribution in [0.15, 0.2) is 18.2 Å². The summed E-state index contributed by atoms with van der Waals surface area (Å²) in [4.78, 5) is 16.2. The van der Waals surface area contributed by atoms with Crippen LogP contribution in [0.2, 0.25) is 0 Å². The lowest BCUT2D eigenvalue weighted by Gasteiger charge is -2.28. The van der Waals surface area contributed by atoms with Crippen LogP contribution in [-0.2, 0) is 0 Å². The summed E-state index contributed by atoms with van der Waals surface area (Å²) in [5, 5.41) is 0.927. The van der Waals surface area contributed by atoms with Crippen molar-refractivity contribution in [3.63, 3.8) is 0 Å². The van der Waals surface area contributed by atoms with Crippen LogP contribution in [0, 0.1) is 13.8 Å². The number of nitrogens with zero attached hydrogens (tertiary/aromatic N) is 4. The Bertz CT molecular complexity index is 721. The molecule has 22 heavy (non-hydrogen) atoms. The summed E-state index contributed by atoms with van der Waals surface area (Å²) in [7, 11) is 0. The first-order chi connectivity index (χ1) is 10.6. The highest BCUT2D eigenvalue weighted by atomic mass is 16.5. The maximum atomic E-state index is 6.00. The summed E-state index contributed by atoms with van der Waals surface area (Å²) in [5.41, 5.74) is 1.82. The third kappa shape index (κ3) is 2.51. The monoisotopic (exact) mass is 298 g/mol. The van der Waals surface area contributed by atoms with Crippen molar-refractivity contribution in [1.29, 1.82) is 0 Å². The molecule has 116 valence electrons. The lowest BCUT2D eigenvalue weighted by molar-refractivity contribution is 0.296. The van der Waals surface area contributed by atoms with Crippen LogP contribution in [-0.4, -0.2) is 34.1 Å². The first-order valence-corrected chi connectivity index (χ1v) is 7.82. The number of hydrogen-bond acceptors (Lipinski definition) is 5. The van der Waals surface area contributed by atoms with E-state index < -0.39 is 0 Å². The minimum Gasteiger partial charge on any atom is -0.475 e. The van der Waals surface area contributed by atoms with Gasteiger partial charge in [0.2, 0.25) is 5.88 Å². The molecule has 5 nitrogen and oxygen atoms in total. The highest BCUT2D eigenvalue weighted by Crippen LogP contribution is 2.35. The highest BCUT2D eigenvalue weighted by molar-refractivity contribution is 5.94. The van der Waals surface area contributed by atoms with Gasteiger partial charge in [0.15, 0.2) is 0 Å². The van der Waals surface area contributed by atoms with E-state index in [1.54, 1.807) is 0 Å². The number of anilines is 1. The van der Waals surface area contributed by atoms with E-state index in [2.05, 4.69) is 33.9 Å². The highest BCUT2D eigenvalue weighted by Gasteiger charge is 2.27. The van der Waals surface area contributed by atoms with Crippen LogP contribution in [0.4, 0.5) is 5.82 Å². The van der Waals surface area contributed by atoms with E-state index in [1.807, 2.05) is 26.8 Å². The van der Waals surface area contributed by atoms with Gasteiger partial charge in [0.25, 0.3) is 0 Å². The average molecular weight is 298 g/mol. The smallest absolute Gasteiger partial charge is 0.227 e. The van der Waals surface area contributed by atoms with Gasteiger partial charge in [-0.1, -0.05) is 19.1 Å². The lowest BCUT2D eigenvalue weighted by atomic mass is 10.2. The molecule has 0 amide bonds. The van der Waals surface area contributed by atoms with Crippen LogP contribution in [0.5, 0.6) is 5.88 Å². The molecular weight excluding hydrogens is 276 g/mol. The second-order valence-corrected chi connectivity index (χ2v) is 5.65. The van der Waals surface area contributed by atoms with E-state index >= 15 is 0 Å². The molecule has 0 spiro atoms. The zero-order valence-electron chi connectivity index (χ0n) is 13.6. The molecule has 2 aromatic heterocycles. The van der Waals surface area contributed by atoms with Crippen LogP contribution in [0.25, 0.3) is 10.9 Å². The summed E-state index contributed by atoms with van der Waals surface area (Å²) in [5.74, 6) is 2.37. The molecule has 3 rings (SSSR count). The summed E-state index contributed by atoms with van der Waals surface area (Å²) >= 11 is 0. The van der Waals surface area contributed by atoms with Crippen LogP contribution in [0.3, 0.4) is 0 Å². The van der Waals surface area contributed by atoms with Gasteiger partial charge in [-0.2, -0.15) is 0 Å². The molecule has 1 aliphatic rings. The van der Waals surface area contributed by atoms with Gasteiger partial charge in [-0.15, -0.1) is 0 Å². The Morgan fingerprint density at radius 2 is 2.14 bits per heavy atom. The van der Waals surface area contributed by atoms with Crippen molar-refractivity contribution in [2.75, 3.05) is 18.1 Å². The van der Waals surface area contributed by atoms with E-state index in [1.165, 1.54) is 0 Å². The molecule has 0 radical (unpaired) electrons. The third-order valence-electron chi connectivity index (χ3n) is 3.81. The summed E-state index contributed by atoms with van der Waals surface area (Å²) in [6, 6.07) is 2.16. The van der Waals surface area contributed by atoms with Gasteiger partial charge in [-0.3, -0.25) is 0 Å². The van der Waals surface area contributed by atoms with E-state index in [4.69, 9.17) is 9.72 Å². The zero-order chi connectivity index (χ0) is 15.7. The number of hydrogen-bond donors (Lipinski definition) is 0. The van der Waals surface area contributed by atoms with Crippen molar-refractivity contribution in [3.8, 4) is 5.88 Å². The Morgan fingerprint density at radius 3 is 2.86 bits per heavy atom. The first-order valence-electron chi connectivity index (χ1n) is 7.82. The van der Waals surface area contributed by atoms with Crippen molar-refractivity contribution < 1.29 is 4.74 Å². The van der Waals surface area contributed by atoms with Gasteiger partial charge in [0.05, 0.1) is 11.6 Å². The molecule has 0 aliphatic carbocycles. The molecule has 3 heterocycles. The third-order valence-corrected chi connectivity index (χ3v) is 3.81. The van der Waals surface area contributed by atoms with E-state index in [0.29, 0.717) is 12.5 Å². The average Bonchev–Trinajstić information content (AvgIpc) is 2.60. The molecule has 0 aromatic carbocycles. The van der Waals surface area contributed by atoms with Crippen molar-refractivity contribution in [3.05, 3.63) is 29.7 Å². The molecule has 1 atom stereocenters. The van der Waals surface area contributed by atoms with Gasteiger partial charge in [-0.05, 0) is 33.3 Å². The Balaban J connectivity index is 2.28. The SMILES string of the molecule is C/C=C\C1COc2nc(C)cc3nc(C)nc(c23)N1CCC. The number of allylic oxidation sites excluding steroid dienone is 1. The van der Waals surface area contributed by atoms with Gasteiger partial charge in [0.1, 0.15) is 23.6 Å². The zero-order valence-corrected chi connectivity index (χ0v) is 13.6. The van der Waals surface area contributed by atoms with Gasteiger partial charge in [-0.25, -0.2) is 15.0 Å². The topological polar surface area (TPSA) is 51.1 Å². The second kappa shape index (κ2) is 5.91. The number of aromatic nitrogens is 3. The minimum absolute atomic E-state index is 0.164. The number of ether oxygens (including phenoxy) is 1. The largest absolute Gasteiger partial charge is 0.475 e. The normalized spacial score (nSPS) is 17.8. The Morgan fingerprint density at radius 1 is 1.32 bits per heavy atom. The molecule has 5 heteroatoms. The summed E-state index contributed by atoms with van der Waals surface area (Å²) in [6.45, 7) is 9.62. The van der Waals surface area contributed by atoms with Gasteiger partial charge < -0.3 is 9.64 Å². The quantitative estimate of drug-likeness (QED) is 0.815. The fourth-order valence-corrected chi connectivity index (χ4v) is 2.95. The van der Waals surface area contributed by atoms with Crippen LogP contribution >= 0.6 is 0 Å². The molecule has 0 saturated heterocycles. The Kier molecular flexibility index (Phi) is 3.96. The molecule has 2 aromatic rings. The summed E-state index contributed by atoms with van der Waals surface area (Å²) in [6.07, 6.45) is 5.28. The van der Waals surface area contributed by atoms with Crippen LogP contribution in [0.1, 0.15) is 31.8 Å². The van der Waals surface area contributed by atoms with Gasteiger partial charge >= 0.3 is 0 Å². The van der Waals surface area contributed by atoms with Crippen molar-refractivity contribution in [1.82, 2.24) is 15.0 Å². The van der Waals surface area contributed by atoms with E-state index in [-0.39, 0.29) is 6.04 Å². The van der Waals surface area contributed by atoms with E-state index in [0.717, 1.165) is 41.2 Å². The Labute approximate surface area is 131 Å². The summed E-state index contributed by atoms with van der Waals surface area (Å²) < 4.78 is 6.00. The van der Waals surface area contributed by atoms with Crippen molar-refractivity contribution in [2.24, 2.45) is 0 Å². The molecule has 0 bridgehead atoms. The first kappa shape index (κ1) is 14.8. The number of pyridine rings is 1. The predicted octanol–water partition coefficient (Wildman–Crippen LogP) is 3.20. The number of aryl methyl sites for hydroxylation is 2. The predicted molar refractivity (Wildman–Crippen MR) is 88.5 cm³/mol. The molecule has 1 aliphatic heterocycles. The maximum absolute atomic E-state index is 6.00. The van der Waals surface area contributed by atoms with E-state index in [9.17, 15) is 0 Å². The Hall–Kier alpha value is -2.17. The molecule has 0 N–H and O–H groups in total. The molecular formula is C17H22N4O. The fourth-order valence-electron chi connectivity index (χ4n) is 2.95. The molecule has 1 unspecified atom stereocenters. The molecule has 0 fully saturated rings. The lowest BCUT2D eigenvalue weighted by Crippen LogP contribution is -2.38. The second-order valence-electron chi connectivity index (χ2n) is 5.65. The van der Waals surface area contributed by atoms with Crippen molar-refractivity contribution in [2.45, 2.75) is 40.2 Å². The number of rotatable bonds is 3. The van der Waals surface area contributed by atoms with Crippen molar-refractivity contribution >= 4 is 16.7 Å². The maximum Gasteiger partial charge on any atom is 0.227 e. The van der Waals surface area contributed by atoms with Crippen LogP contribution < -0.4 is 9.64 Å². The molecule has 0 saturated carbocycles. The standard InChI is InChI=1S/C17H22N4O/c1-5-7-13-10-22-17-15-14(9-11(3)18-17)19-12(4)20-16(15)21(13)8-6-2/h5,7,9,13H,6,8,10H2,1-4H3/b7-5-. The minimum atomic E-state index is 0.164. The fraction of sp³-hybridized carbons (Fsp3) is 0.471.